The van der Waals surface area contributed by atoms with Crippen LogP contribution in [0.15, 0.2) is 30.5 Å². The number of hydrogen-bond donors (Lipinski definition) is 1. The van der Waals surface area contributed by atoms with Crippen molar-refractivity contribution in [3.05, 3.63) is 36.2 Å². The third kappa shape index (κ3) is 6.70. The van der Waals surface area contributed by atoms with E-state index >= 15 is 0 Å². The molecule has 0 spiro atoms. The van der Waals surface area contributed by atoms with Crippen LogP contribution in [0.3, 0.4) is 0 Å². The number of aryl methyl sites for hydroxylation is 1. The number of unbranched alkanes of at least 4 members (excludes halogenated alkanes) is 4. The fourth-order valence-corrected chi connectivity index (χ4v) is 9.92. The molecule has 4 atom stereocenters. The van der Waals surface area contributed by atoms with E-state index < -0.39 is 8.07 Å². The van der Waals surface area contributed by atoms with Crippen LogP contribution in [-0.4, -0.2) is 54.1 Å². The van der Waals surface area contributed by atoms with E-state index in [9.17, 15) is 5.11 Å². The van der Waals surface area contributed by atoms with Crippen molar-refractivity contribution in [3.8, 4) is 5.75 Å². The highest BCUT2D eigenvalue weighted by Gasteiger charge is 2.50. The van der Waals surface area contributed by atoms with E-state index in [0.717, 1.165) is 30.8 Å². The van der Waals surface area contributed by atoms with Crippen LogP contribution in [0.1, 0.15) is 64.5 Å². The molecule has 0 radical (unpaired) electrons. The summed E-state index contributed by atoms with van der Waals surface area (Å²) in [7, 11) is -0.0908. The lowest BCUT2D eigenvalue weighted by Crippen LogP contribution is -2.50. The minimum atomic E-state index is -1.81. The van der Waals surface area contributed by atoms with Gasteiger partial charge in [0.1, 0.15) is 5.75 Å². The van der Waals surface area contributed by atoms with Gasteiger partial charge in [0, 0.05) is 25.8 Å². The first-order valence-electron chi connectivity index (χ1n) is 13.2. The number of ether oxygens (including phenoxy) is 2. The van der Waals surface area contributed by atoms with Gasteiger partial charge in [0.25, 0.3) is 0 Å². The quantitative estimate of drug-likeness (QED) is 0.301. The Morgan fingerprint density at radius 1 is 1.06 bits per heavy atom. The molecule has 0 saturated carbocycles. The molecule has 7 heteroatoms. The summed E-state index contributed by atoms with van der Waals surface area (Å²) >= 11 is 0. The molecule has 2 aromatic rings. The maximum Gasteiger partial charge on any atom is 0.118 e. The van der Waals surface area contributed by atoms with E-state index in [-0.39, 0.29) is 12.7 Å². The minimum absolute atomic E-state index is 0.103. The molecule has 1 aromatic heterocycles. The standard InChI is InChI=1S/C27H45N3O3Si/c1-6-7-8-9-10-11-25-21(2)27(34(4,5)24-14-12-23(32-3)13-15-24)26(33-25)16-18-30-20-22(17-19-31)28-29-30/h12-15,20-21,25-27,31H,6-11,16-19H2,1-5H3/t21-,25+,26-,27+/m0/s1. The Hall–Kier alpha value is -1.70. The number of benzene rings is 1. The lowest BCUT2D eigenvalue weighted by atomic mass is 9.95. The van der Waals surface area contributed by atoms with Crippen LogP contribution in [0, 0.1) is 5.92 Å². The summed E-state index contributed by atoms with van der Waals surface area (Å²) in [4.78, 5) is 0. The number of nitrogens with zero attached hydrogens (tertiary/aromatic N) is 3. The Bertz CT molecular complexity index is 855. The van der Waals surface area contributed by atoms with Crippen molar-refractivity contribution in [2.45, 2.75) is 103 Å². The molecule has 190 valence electrons. The summed E-state index contributed by atoms with van der Waals surface area (Å²) in [5.41, 5.74) is 1.39. The summed E-state index contributed by atoms with van der Waals surface area (Å²) in [6, 6.07) is 8.74. The molecule has 34 heavy (non-hydrogen) atoms. The predicted molar refractivity (Wildman–Crippen MR) is 140 cm³/mol. The molecule has 0 amide bonds. The zero-order valence-electron chi connectivity index (χ0n) is 21.9. The number of methoxy groups -OCH3 is 1. The van der Waals surface area contributed by atoms with Gasteiger partial charge in [-0.2, -0.15) is 0 Å². The normalized spacial score (nSPS) is 22.9. The average Bonchev–Trinajstić information content (AvgIpc) is 3.41. The van der Waals surface area contributed by atoms with Crippen LogP contribution >= 0.6 is 0 Å². The number of aromatic nitrogens is 3. The van der Waals surface area contributed by atoms with Crippen LogP contribution in [0.4, 0.5) is 0 Å². The van der Waals surface area contributed by atoms with Gasteiger partial charge in [-0.3, -0.25) is 4.68 Å². The molecule has 6 nitrogen and oxygen atoms in total. The first-order chi connectivity index (χ1) is 16.4. The van der Waals surface area contributed by atoms with Gasteiger partial charge in [0.05, 0.1) is 33.1 Å². The lowest BCUT2D eigenvalue weighted by molar-refractivity contribution is 0.0233. The van der Waals surface area contributed by atoms with E-state index in [1.54, 1.807) is 7.11 Å². The molecule has 0 bridgehead atoms. The summed E-state index contributed by atoms with van der Waals surface area (Å²) < 4.78 is 14.1. The van der Waals surface area contributed by atoms with Gasteiger partial charge in [0.2, 0.25) is 0 Å². The summed E-state index contributed by atoms with van der Waals surface area (Å²) in [6.45, 7) is 10.6. The van der Waals surface area contributed by atoms with Crippen LogP contribution in [-0.2, 0) is 17.7 Å². The van der Waals surface area contributed by atoms with Crippen molar-refractivity contribution in [3.63, 3.8) is 0 Å². The zero-order valence-corrected chi connectivity index (χ0v) is 22.9. The Labute approximate surface area is 207 Å². The second-order valence-corrected chi connectivity index (χ2v) is 15.2. The van der Waals surface area contributed by atoms with Gasteiger partial charge in [0.15, 0.2) is 0 Å². The average molecular weight is 488 g/mol. The number of aliphatic hydroxyl groups is 1. The second-order valence-electron chi connectivity index (χ2n) is 10.5. The summed E-state index contributed by atoms with van der Waals surface area (Å²) in [5, 5.41) is 19.1. The molecule has 1 fully saturated rings. The Morgan fingerprint density at radius 3 is 2.47 bits per heavy atom. The number of hydrogen-bond acceptors (Lipinski definition) is 5. The van der Waals surface area contributed by atoms with Gasteiger partial charge in [-0.1, -0.05) is 81.6 Å². The Kier molecular flexibility index (Phi) is 10.2. The Morgan fingerprint density at radius 2 is 1.79 bits per heavy atom. The molecule has 1 N–H and O–H groups in total. The van der Waals surface area contributed by atoms with Gasteiger partial charge in [-0.15, -0.1) is 5.10 Å². The van der Waals surface area contributed by atoms with Crippen molar-refractivity contribution in [1.29, 1.82) is 0 Å². The first-order valence-corrected chi connectivity index (χ1v) is 16.3. The SMILES string of the molecule is CCCCCCC[C@H]1O[C@@H](CCn2cc(CCO)nn2)[C@H]([Si](C)(C)c2ccc(OC)cc2)[C@H]1C. The van der Waals surface area contributed by atoms with Crippen LogP contribution in [0.25, 0.3) is 0 Å². The van der Waals surface area contributed by atoms with Gasteiger partial charge in [-0.25, -0.2) is 0 Å². The molecule has 1 saturated heterocycles. The molecular weight excluding hydrogens is 442 g/mol. The van der Waals surface area contributed by atoms with Crippen molar-refractivity contribution < 1.29 is 14.6 Å². The molecular formula is C27H45N3O3Si. The van der Waals surface area contributed by atoms with Gasteiger partial charge < -0.3 is 14.6 Å². The zero-order chi connectivity index (χ0) is 24.6. The fourth-order valence-electron chi connectivity index (χ4n) is 5.80. The minimum Gasteiger partial charge on any atom is -0.497 e. The molecule has 1 aromatic carbocycles. The molecule has 1 aliphatic rings. The van der Waals surface area contributed by atoms with Crippen molar-refractivity contribution in [2.24, 2.45) is 5.92 Å². The van der Waals surface area contributed by atoms with Crippen LogP contribution < -0.4 is 9.92 Å². The summed E-state index contributed by atoms with van der Waals surface area (Å²) in [5.74, 6) is 1.45. The van der Waals surface area contributed by atoms with Gasteiger partial charge >= 0.3 is 0 Å². The highest BCUT2D eigenvalue weighted by molar-refractivity contribution is 6.91. The topological polar surface area (TPSA) is 69.4 Å². The first kappa shape index (κ1) is 26.9. The highest BCUT2D eigenvalue weighted by atomic mass is 28.3. The fraction of sp³-hybridized carbons (Fsp3) is 0.704. The largest absolute Gasteiger partial charge is 0.497 e. The van der Waals surface area contributed by atoms with E-state index in [4.69, 9.17) is 9.47 Å². The third-order valence-electron chi connectivity index (χ3n) is 7.76. The maximum atomic E-state index is 9.17. The van der Waals surface area contributed by atoms with E-state index in [0.29, 0.717) is 24.0 Å². The predicted octanol–water partition coefficient (Wildman–Crippen LogP) is 4.96. The van der Waals surface area contributed by atoms with Gasteiger partial charge in [-0.05, 0) is 36.4 Å². The van der Waals surface area contributed by atoms with E-state index in [2.05, 4.69) is 61.5 Å². The van der Waals surface area contributed by atoms with Crippen molar-refractivity contribution >= 4 is 13.3 Å². The van der Waals surface area contributed by atoms with Crippen molar-refractivity contribution in [2.75, 3.05) is 13.7 Å². The monoisotopic (exact) mass is 487 g/mol. The molecule has 1 aliphatic heterocycles. The third-order valence-corrected chi connectivity index (χ3v) is 12.1. The van der Waals surface area contributed by atoms with E-state index in [1.165, 1.54) is 37.3 Å². The number of aliphatic hydroxyl groups excluding tert-OH is 1. The highest BCUT2D eigenvalue weighted by Crippen LogP contribution is 2.46. The second kappa shape index (κ2) is 12.8. The van der Waals surface area contributed by atoms with E-state index in [1.807, 2.05) is 10.9 Å². The maximum absolute atomic E-state index is 9.17. The molecule has 0 aliphatic carbocycles. The van der Waals surface area contributed by atoms with Crippen molar-refractivity contribution in [1.82, 2.24) is 15.0 Å². The van der Waals surface area contributed by atoms with Crippen LogP contribution in [0.2, 0.25) is 18.6 Å². The summed E-state index contributed by atoms with van der Waals surface area (Å²) in [6.07, 6.45) is 11.7. The lowest BCUT2D eigenvalue weighted by Gasteiger charge is -2.36. The Balaban J connectivity index is 1.74. The van der Waals surface area contributed by atoms with Crippen LogP contribution in [0.5, 0.6) is 5.75 Å². The molecule has 0 unspecified atom stereocenters. The smallest absolute Gasteiger partial charge is 0.118 e. The molecule has 3 rings (SSSR count). The number of rotatable bonds is 14. The molecule has 2 heterocycles.